The van der Waals surface area contributed by atoms with E-state index in [1.54, 1.807) is 17.8 Å². The molecule has 1 unspecified atom stereocenters. The zero-order chi connectivity index (χ0) is 13.7. The predicted octanol–water partition coefficient (Wildman–Crippen LogP) is 2.68. The van der Waals surface area contributed by atoms with Crippen molar-refractivity contribution in [1.82, 2.24) is 5.32 Å². The first kappa shape index (κ1) is 15.2. The minimum atomic E-state index is -0.502. The van der Waals surface area contributed by atoms with Crippen molar-refractivity contribution in [3.63, 3.8) is 0 Å². The van der Waals surface area contributed by atoms with Gasteiger partial charge in [0.05, 0.1) is 10.5 Å². The Morgan fingerprint density at radius 3 is 2.83 bits per heavy atom. The minimum absolute atomic E-state index is 0.0302. The Balaban J connectivity index is 2.91. The quantitative estimate of drug-likeness (QED) is 0.484. The van der Waals surface area contributed by atoms with Gasteiger partial charge in [0.15, 0.2) is 0 Å². The Morgan fingerprint density at radius 1 is 1.61 bits per heavy atom. The lowest BCUT2D eigenvalue weighted by Gasteiger charge is -2.13. The van der Waals surface area contributed by atoms with Crippen LogP contribution < -0.4 is 5.32 Å². The van der Waals surface area contributed by atoms with Crippen LogP contribution in [0.3, 0.4) is 0 Å². The van der Waals surface area contributed by atoms with Gasteiger partial charge in [-0.3, -0.25) is 14.9 Å². The van der Waals surface area contributed by atoms with E-state index < -0.39 is 4.92 Å². The number of hydrogen-bond acceptors (Lipinski definition) is 4. The zero-order valence-electron chi connectivity index (χ0n) is 9.97. The van der Waals surface area contributed by atoms with Crippen molar-refractivity contribution in [1.29, 1.82) is 0 Å². The van der Waals surface area contributed by atoms with Crippen molar-refractivity contribution in [3.8, 4) is 0 Å². The number of carbonyl (C=O) groups is 1. The van der Waals surface area contributed by atoms with Gasteiger partial charge in [-0.2, -0.15) is 11.8 Å². The molecule has 0 spiro atoms. The summed E-state index contributed by atoms with van der Waals surface area (Å²) in [6.45, 7) is 1.90. The fraction of sp³-hybridized carbons (Fsp3) is 0.364. The second kappa shape index (κ2) is 6.93. The van der Waals surface area contributed by atoms with Gasteiger partial charge in [0, 0.05) is 27.5 Å². The first-order chi connectivity index (χ1) is 8.45. The third-order valence-electron chi connectivity index (χ3n) is 2.20. The number of hydrogen-bond donors (Lipinski definition) is 1. The van der Waals surface area contributed by atoms with Gasteiger partial charge in [-0.25, -0.2) is 0 Å². The number of carbonyl (C=O) groups excluding carboxylic acids is 1. The molecule has 18 heavy (non-hydrogen) atoms. The summed E-state index contributed by atoms with van der Waals surface area (Å²) in [5.41, 5.74) is 0.274. The number of rotatable bonds is 5. The standard InChI is InChI=1S/C11H13IN2O3S/c1-7(6-18-2)13-11(15)9-5-8(14(16)17)3-4-10(9)12/h3-5,7H,6H2,1-2H3,(H,13,15). The minimum Gasteiger partial charge on any atom is -0.349 e. The third kappa shape index (κ3) is 4.13. The highest BCUT2D eigenvalue weighted by atomic mass is 127. The SMILES string of the molecule is CSCC(C)NC(=O)c1cc([N+](=O)[O-])ccc1I. The van der Waals surface area contributed by atoms with Crippen LogP contribution in [0, 0.1) is 13.7 Å². The summed E-state index contributed by atoms with van der Waals surface area (Å²) in [5.74, 6) is 0.529. The van der Waals surface area contributed by atoms with E-state index in [1.165, 1.54) is 12.1 Å². The lowest BCUT2D eigenvalue weighted by molar-refractivity contribution is -0.384. The van der Waals surface area contributed by atoms with E-state index in [0.29, 0.717) is 9.13 Å². The molecule has 1 aromatic rings. The number of halogens is 1. The number of non-ortho nitro benzene ring substituents is 1. The summed E-state index contributed by atoms with van der Waals surface area (Å²) in [6, 6.07) is 4.31. The first-order valence-electron chi connectivity index (χ1n) is 5.19. The van der Waals surface area contributed by atoms with Crippen molar-refractivity contribution in [2.75, 3.05) is 12.0 Å². The predicted molar refractivity (Wildman–Crippen MR) is 81.1 cm³/mol. The van der Waals surface area contributed by atoms with Crippen LogP contribution in [0.2, 0.25) is 0 Å². The molecule has 0 aliphatic carbocycles. The molecular weight excluding hydrogens is 367 g/mol. The van der Waals surface area contributed by atoms with Gasteiger partial charge in [-0.05, 0) is 41.8 Å². The summed E-state index contributed by atoms with van der Waals surface area (Å²) in [4.78, 5) is 22.2. The molecule has 0 saturated carbocycles. The molecule has 0 aromatic heterocycles. The molecule has 0 aliphatic rings. The number of amides is 1. The third-order valence-corrected chi connectivity index (χ3v) is 3.97. The second-order valence-electron chi connectivity index (χ2n) is 3.75. The van der Waals surface area contributed by atoms with Crippen LogP contribution in [-0.2, 0) is 0 Å². The summed E-state index contributed by atoms with van der Waals surface area (Å²) in [7, 11) is 0. The van der Waals surface area contributed by atoms with Crippen molar-refractivity contribution in [2.24, 2.45) is 0 Å². The topological polar surface area (TPSA) is 72.2 Å². The first-order valence-corrected chi connectivity index (χ1v) is 7.66. The number of thioether (sulfide) groups is 1. The number of nitrogens with zero attached hydrogens (tertiary/aromatic N) is 1. The average Bonchev–Trinajstić information content (AvgIpc) is 2.29. The zero-order valence-corrected chi connectivity index (χ0v) is 12.9. The van der Waals surface area contributed by atoms with Crippen LogP contribution in [0.25, 0.3) is 0 Å². The Bertz CT molecular complexity index is 468. The average molecular weight is 380 g/mol. The van der Waals surface area contributed by atoms with Crippen LogP contribution in [-0.4, -0.2) is 28.9 Å². The van der Waals surface area contributed by atoms with Gasteiger partial charge in [0.1, 0.15) is 0 Å². The molecule has 1 N–H and O–H groups in total. The van der Waals surface area contributed by atoms with Crippen LogP contribution in [0.4, 0.5) is 5.69 Å². The molecule has 0 heterocycles. The van der Waals surface area contributed by atoms with Crippen LogP contribution in [0.5, 0.6) is 0 Å². The maximum absolute atomic E-state index is 12.0. The molecule has 1 atom stereocenters. The Hall–Kier alpha value is -0.830. The van der Waals surface area contributed by atoms with Gasteiger partial charge >= 0.3 is 0 Å². The summed E-state index contributed by atoms with van der Waals surface area (Å²) in [6.07, 6.45) is 1.96. The van der Waals surface area contributed by atoms with Gasteiger partial charge in [0.25, 0.3) is 11.6 Å². The van der Waals surface area contributed by atoms with Crippen LogP contribution in [0.15, 0.2) is 18.2 Å². The monoisotopic (exact) mass is 380 g/mol. The molecule has 5 nitrogen and oxygen atoms in total. The fourth-order valence-corrected chi connectivity index (χ4v) is 2.56. The van der Waals surface area contributed by atoms with Crippen LogP contribution in [0.1, 0.15) is 17.3 Å². The molecule has 1 rings (SSSR count). The summed E-state index contributed by atoms with van der Waals surface area (Å²) >= 11 is 3.63. The highest BCUT2D eigenvalue weighted by Crippen LogP contribution is 2.19. The highest BCUT2D eigenvalue weighted by Gasteiger charge is 2.16. The van der Waals surface area contributed by atoms with E-state index >= 15 is 0 Å². The van der Waals surface area contributed by atoms with Gasteiger partial charge in [0.2, 0.25) is 0 Å². The fourth-order valence-electron chi connectivity index (χ4n) is 1.39. The smallest absolute Gasteiger partial charge is 0.270 e. The van der Waals surface area contributed by atoms with Gasteiger partial charge < -0.3 is 5.32 Å². The Kier molecular flexibility index (Phi) is 5.86. The normalized spacial score (nSPS) is 11.9. The molecule has 1 amide bonds. The molecule has 0 saturated heterocycles. The van der Waals surface area contributed by atoms with E-state index in [1.807, 2.05) is 35.8 Å². The Labute approximate surface area is 123 Å². The number of benzene rings is 1. The number of nitrogens with one attached hydrogen (secondary N) is 1. The molecule has 1 aromatic carbocycles. The van der Waals surface area contributed by atoms with E-state index in [4.69, 9.17) is 0 Å². The maximum atomic E-state index is 12.0. The van der Waals surface area contributed by atoms with E-state index in [9.17, 15) is 14.9 Å². The molecule has 0 aliphatic heterocycles. The van der Waals surface area contributed by atoms with E-state index in [0.717, 1.165) is 5.75 Å². The lowest BCUT2D eigenvalue weighted by Crippen LogP contribution is -2.34. The molecule has 0 bridgehead atoms. The molecular formula is C11H13IN2O3S. The molecule has 0 fully saturated rings. The van der Waals surface area contributed by atoms with Crippen molar-refractivity contribution < 1.29 is 9.72 Å². The Morgan fingerprint density at radius 2 is 2.28 bits per heavy atom. The highest BCUT2D eigenvalue weighted by molar-refractivity contribution is 14.1. The van der Waals surface area contributed by atoms with Gasteiger partial charge in [-0.1, -0.05) is 0 Å². The molecule has 98 valence electrons. The summed E-state index contributed by atoms with van der Waals surface area (Å²) in [5, 5.41) is 13.5. The largest absolute Gasteiger partial charge is 0.349 e. The molecule has 0 radical (unpaired) electrons. The van der Waals surface area contributed by atoms with E-state index in [-0.39, 0.29) is 17.6 Å². The van der Waals surface area contributed by atoms with Crippen molar-refractivity contribution in [2.45, 2.75) is 13.0 Å². The second-order valence-corrected chi connectivity index (χ2v) is 5.82. The number of nitro groups is 1. The lowest BCUT2D eigenvalue weighted by atomic mass is 10.2. The van der Waals surface area contributed by atoms with Crippen molar-refractivity contribution >= 4 is 45.9 Å². The van der Waals surface area contributed by atoms with Gasteiger partial charge in [-0.15, -0.1) is 0 Å². The molecule has 7 heteroatoms. The maximum Gasteiger partial charge on any atom is 0.270 e. The van der Waals surface area contributed by atoms with E-state index in [2.05, 4.69) is 5.32 Å². The van der Waals surface area contributed by atoms with Crippen molar-refractivity contribution in [3.05, 3.63) is 37.4 Å². The van der Waals surface area contributed by atoms with Crippen LogP contribution >= 0.6 is 34.4 Å². The number of nitro benzene ring substituents is 1. The summed E-state index contributed by atoms with van der Waals surface area (Å²) < 4.78 is 0.701.